The minimum atomic E-state index is -0.00618. The standard InChI is InChI=1S/C12H16BrClN2O/c1-8(6-15)7-16-12(17)4-9-2-3-10(14)5-11(9)13/h2-3,5,8H,4,6-7,15H2,1H3,(H,16,17)/t8-/m0/s1. The summed E-state index contributed by atoms with van der Waals surface area (Å²) in [4.78, 5) is 11.7. The molecule has 3 N–H and O–H groups in total. The molecule has 0 unspecified atom stereocenters. The molecule has 0 aliphatic carbocycles. The van der Waals surface area contributed by atoms with Gasteiger partial charge in [0.15, 0.2) is 0 Å². The highest BCUT2D eigenvalue weighted by Gasteiger charge is 2.08. The second-order valence-corrected chi connectivity index (χ2v) is 5.35. The second-order valence-electron chi connectivity index (χ2n) is 4.06. The van der Waals surface area contributed by atoms with Crippen LogP contribution in [0, 0.1) is 5.92 Å². The van der Waals surface area contributed by atoms with E-state index in [9.17, 15) is 4.79 Å². The van der Waals surface area contributed by atoms with E-state index in [0.29, 0.717) is 30.5 Å². The van der Waals surface area contributed by atoms with Gasteiger partial charge < -0.3 is 11.1 Å². The maximum absolute atomic E-state index is 11.7. The highest BCUT2D eigenvalue weighted by molar-refractivity contribution is 9.10. The summed E-state index contributed by atoms with van der Waals surface area (Å²) < 4.78 is 0.854. The average molecular weight is 320 g/mol. The van der Waals surface area contributed by atoms with Gasteiger partial charge in [-0.2, -0.15) is 0 Å². The fourth-order valence-corrected chi connectivity index (χ4v) is 2.09. The SMILES string of the molecule is C[C@@H](CN)CNC(=O)Cc1ccc(Cl)cc1Br. The summed E-state index contributed by atoms with van der Waals surface area (Å²) in [6.45, 7) is 3.18. The van der Waals surface area contributed by atoms with Gasteiger partial charge in [-0.1, -0.05) is 40.5 Å². The molecule has 0 spiro atoms. The van der Waals surface area contributed by atoms with E-state index in [1.807, 2.05) is 13.0 Å². The lowest BCUT2D eigenvalue weighted by Gasteiger charge is -2.10. The van der Waals surface area contributed by atoms with Crippen molar-refractivity contribution >= 4 is 33.4 Å². The molecule has 1 aromatic carbocycles. The predicted octanol–water partition coefficient (Wildman–Crippen LogP) is 2.36. The third-order valence-corrected chi connectivity index (χ3v) is 3.39. The molecule has 1 aromatic rings. The lowest BCUT2D eigenvalue weighted by atomic mass is 10.1. The summed E-state index contributed by atoms with van der Waals surface area (Å²) in [5.41, 5.74) is 6.40. The highest BCUT2D eigenvalue weighted by Crippen LogP contribution is 2.21. The molecule has 5 heteroatoms. The molecule has 0 saturated heterocycles. The average Bonchev–Trinajstić information content (AvgIpc) is 2.29. The van der Waals surface area contributed by atoms with Gasteiger partial charge in [-0.3, -0.25) is 4.79 Å². The first-order chi connectivity index (χ1) is 8.02. The summed E-state index contributed by atoms with van der Waals surface area (Å²) in [5, 5.41) is 3.50. The Morgan fingerprint density at radius 1 is 1.59 bits per heavy atom. The van der Waals surface area contributed by atoms with Gasteiger partial charge in [-0.25, -0.2) is 0 Å². The Hall–Kier alpha value is -0.580. The van der Waals surface area contributed by atoms with Crippen molar-refractivity contribution in [3.05, 3.63) is 33.3 Å². The van der Waals surface area contributed by atoms with Crippen molar-refractivity contribution in [3.63, 3.8) is 0 Å². The molecule has 0 bridgehead atoms. The second kappa shape index (κ2) is 6.99. The minimum Gasteiger partial charge on any atom is -0.355 e. The molecule has 17 heavy (non-hydrogen) atoms. The molecule has 1 rings (SSSR count). The van der Waals surface area contributed by atoms with Crippen LogP contribution in [0.4, 0.5) is 0 Å². The van der Waals surface area contributed by atoms with Gasteiger partial charge in [0.25, 0.3) is 0 Å². The molecule has 0 radical (unpaired) electrons. The van der Waals surface area contributed by atoms with Gasteiger partial charge in [0.05, 0.1) is 6.42 Å². The van der Waals surface area contributed by atoms with E-state index >= 15 is 0 Å². The van der Waals surface area contributed by atoms with E-state index in [4.69, 9.17) is 17.3 Å². The van der Waals surface area contributed by atoms with Crippen LogP contribution < -0.4 is 11.1 Å². The minimum absolute atomic E-state index is 0.00618. The van der Waals surface area contributed by atoms with Crippen molar-refractivity contribution in [3.8, 4) is 0 Å². The predicted molar refractivity (Wildman–Crippen MR) is 74.1 cm³/mol. The van der Waals surface area contributed by atoms with E-state index in [2.05, 4.69) is 21.2 Å². The zero-order chi connectivity index (χ0) is 12.8. The van der Waals surface area contributed by atoms with Crippen LogP contribution in [0.1, 0.15) is 12.5 Å². The number of hydrogen-bond donors (Lipinski definition) is 2. The maximum Gasteiger partial charge on any atom is 0.224 e. The van der Waals surface area contributed by atoms with Crippen LogP contribution in [0.15, 0.2) is 22.7 Å². The molecular weight excluding hydrogens is 304 g/mol. The molecule has 3 nitrogen and oxygen atoms in total. The number of halogens is 2. The summed E-state index contributed by atoms with van der Waals surface area (Å²) in [6.07, 6.45) is 0.342. The Balaban J connectivity index is 2.50. The highest BCUT2D eigenvalue weighted by atomic mass is 79.9. The third-order valence-electron chi connectivity index (χ3n) is 2.42. The van der Waals surface area contributed by atoms with Crippen molar-refractivity contribution in [2.45, 2.75) is 13.3 Å². The lowest BCUT2D eigenvalue weighted by Crippen LogP contribution is -2.32. The number of rotatable bonds is 5. The lowest BCUT2D eigenvalue weighted by molar-refractivity contribution is -0.120. The monoisotopic (exact) mass is 318 g/mol. The van der Waals surface area contributed by atoms with Crippen LogP contribution in [0.2, 0.25) is 5.02 Å². The zero-order valence-electron chi connectivity index (χ0n) is 9.67. The summed E-state index contributed by atoms with van der Waals surface area (Å²) in [7, 11) is 0. The molecular formula is C12H16BrClN2O. The van der Waals surface area contributed by atoms with E-state index in [1.54, 1.807) is 12.1 Å². The molecule has 94 valence electrons. The van der Waals surface area contributed by atoms with Gasteiger partial charge in [-0.05, 0) is 30.2 Å². The van der Waals surface area contributed by atoms with E-state index in [1.165, 1.54) is 0 Å². The first kappa shape index (κ1) is 14.5. The van der Waals surface area contributed by atoms with E-state index in [-0.39, 0.29) is 5.91 Å². The Morgan fingerprint density at radius 2 is 2.29 bits per heavy atom. The third kappa shape index (κ3) is 5.06. The van der Waals surface area contributed by atoms with Crippen LogP contribution in [0.25, 0.3) is 0 Å². The number of benzene rings is 1. The van der Waals surface area contributed by atoms with Crippen molar-refractivity contribution in [1.29, 1.82) is 0 Å². The van der Waals surface area contributed by atoms with Gasteiger partial charge in [-0.15, -0.1) is 0 Å². The number of amides is 1. The van der Waals surface area contributed by atoms with Crippen LogP contribution in [0.5, 0.6) is 0 Å². The molecule has 0 aliphatic heterocycles. The number of hydrogen-bond acceptors (Lipinski definition) is 2. The molecule has 1 atom stereocenters. The molecule has 0 aromatic heterocycles. The number of carbonyl (C=O) groups excluding carboxylic acids is 1. The summed E-state index contributed by atoms with van der Waals surface area (Å²) in [5.74, 6) is 0.293. The van der Waals surface area contributed by atoms with Crippen LogP contribution in [0.3, 0.4) is 0 Å². The maximum atomic E-state index is 11.7. The smallest absolute Gasteiger partial charge is 0.224 e. The van der Waals surface area contributed by atoms with Crippen LogP contribution >= 0.6 is 27.5 Å². The van der Waals surface area contributed by atoms with Crippen molar-refractivity contribution < 1.29 is 4.79 Å². The normalized spacial score (nSPS) is 12.2. The first-order valence-electron chi connectivity index (χ1n) is 5.43. The Bertz CT molecular complexity index is 398. The van der Waals surface area contributed by atoms with E-state index < -0.39 is 0 Å². The molecule has 0 heterocycles. The van der Waals surface area contributed by atoms with Crippen molar-refractivity contribution in [2.24, 2.45) is 11.7 Å². The first-order valence-corrected chi connectivity index (χ1v) is 6.60. The topological polar surface area (TPSA) is 55.1 Å². The Kier molecular flexibility index (Phi) is 5.95. The molecule has 0 saturated carbocycles. The fraction of sp³-hybridized carbons (Fsp3) is 0.417. The molecule has 0 aliphatic rings. The van der Waals surface area contributed by atoms with Gasteiger partial charge in [0, 0.05) is 16.0 Å². The van der Waals surface area contributed by atoms with E-state index in [0.717, 1.165) is 10.0 Å². The van der Waals surface area contributed by atoms with Gasteiger partial charge in [0.2, 0.25) is 5.91 Å². The number of carbonyl (C=O) groups is 1. The largest absolute Gasteiger partial charge is 0.355 e. The van der Waals surface area contributed by atoms with Gasteiger partial charge in [0.1, 0.15) is 0 Å². The zero-order valence-corrected chi connectivity index (χ0v) is 12.0. The van der Waals surface area contributed by atoms with Crippen molar-refractivity contribution in [1.82, 2.24) is 5.32 Å². The number of nitrogens with two attached hydrogens (primary N) is 1. The molecule has 1 amide bonds. The molecule has 0 fully saturated rings. The Labute approximate surface area is 115 Å². The summed E-state index contributed by atoms with van der Waals surface area (Å²) in [6, 6.07) is 5.41. The fourth-order valence-electron chi connectivity index (χ4n) is 1.27. The summed E-state index contributed by atoms with van der Waals surface area (Å²) >= 11 is 9.22. The van der Waals surface area contributed by atoms with Crippen LogP contribution in [-0.4, -0.2) is 19.0 Å². The number of nitrogens with one attached hydrogen (secondary N) is 1. The van der Waals surface area contributed by atoms with Crippen molar-refractivity contribution in [2.75, 3.05) is 13.1 Å². The van der Waals surface area contributed by atoms with Crippen LogP contribution in [-0.2, 0) is 11.2 Å². The Morgan fingerprint density at radius 3 is 2.88 bits per heavy atom. The quantitative estimate of drug-likeness (QED) is 0.875. The van der Waals surface area contributed by atoms with Gasteiger partial charge >= 0.3 is 0 Å².